The summed E-state index contributed by atoms with van der Waals surface area (Å²) in [6.45, 7) is -0.526. The van der Waals surface area contributed by atoms with Crippen molar-refractivity contribution in [2.24, 2.45) is 0 Å². The Balaban J connectivity index is 1.52. The summed E-state index contributed by atoms with van der Waals surface area (Å²) in [5, 5.41) is 20.4. The average Bonchev–Trinajstić information content (AvgIpc) is 3.44. The van der Waals surface area contributed by atoms with Crippen LogP contribution in [0.4, 0.5) is 5.69 Å². The molecule has 5 rings (SSSR count). The number of nitrogens with two attached hydrogens (primary N) is 1. The average molecular weight is 864 g/mol. The lowest BCUT2D eigenvalue weighted by Gasteiger charge is -2.22. The molecular weight excluding hydrogens is 831 g/mol. The van der Waals surface area contributed by atoms with Gasteiger partial charge in [-0.2, -0.15) is 0 Å². The number of unbranched alkanes of at least 4 members (excludes halogenated alkanes) is 2. The zero-order valence-electron chi connectivity index (χ0n) is 29.9. The van der Waals surface area contributed by atoms with Crippen molar-refractivity contribution in [2.75, 3.05) is 24.6 Å². The highest BCUT2D eigenvalue weighted by molar-refractivity contribution is 7.90. The van der Waals surface area contributed by atoms with E-state index in [0.717, 1.165) is 30.3 Å². The van der Waals surface area contributed by atoms with Gasteiger partial charge in [-0.3, -0.25) is 19.8 Å². The van der Waals surface area contributed by atoms with Gasteiger partial charge in [0.2, 0.25) is 10.0 Å². The van der Waals surface area contributed by atoms with E-state index in [9.17, 15) is 63.4 Å². The number of amides is 3. The van der Waals surface area contributed by atoms with E-state index < -0.39 is 116 Å². The maximum absolute atomic E-state index is 13.6. The molecule has 0 unspecified atom stereocenters. The number of nitrogens with zero attached hydrogens (tertiary/aromatic N) is 1. The van der Waals surface area contributed by atoms with E-state index in [1.165, 1.54) is 12.1 Å². The summed E-state index contributed by atoms with van der Waals surface area (Å²) in [6, 6.07) is 7.70. The van der Waals surface area contributed by atoms with E-state index in [1.54, 1.807) is 0 Å². The molecule has 3 amide bonds. The minimum absolute atomic E-state index is 0.0529. The third-order valence-corrected chi connectivity index (χ3v) is 11.9. The molecule has 0 aromatic heterocycles. The molecule has 2 aromatic rings. The van der Waals surface area contributed by atoms with Crippen LogP contribution in [0.25, 0.3) is 33.4 Å². The second-order valence-electron chi connectivity index (χ2n) is 12.8. The Hall–Kier alpha value is -5.79. The molecule has 0 saturated carbocycles. The number of nitrogens with one attached hydrogen (secondary N) is 3. The smallest absolute Gasteiger partial charge is 0.336 e. The topological polar surface area (TPSA) is 354 Å². The molecule has 0 bridgehead atoms. The highest BCUT2D eigenvalue weighted by atomic mass is 32.2. The van der Waals surface area contributed by atoms with Crippen LogP contribution in [0.5, 0.6) is 0 Å². The van der Waals surface area contributed by atoms with Crippen LogP contribution in [0.2, 0.25) is 0 Å². The van der Waals surface area contributed by atoms with E-state index in [-0.39, 0.29) is 59.9 Å². The normalized spacial score (nSPS) is 13.7. The predicted molar refractivity (Wildman–Crippen MR) is 196 cm³/mol. The lowest BCUT2D eigenvalue weighted by molar-refractivity contribution is -0.197. The largest absolute Gasteiger partial charge is 0.748 e. The Morgan fingerprint density at radius 3 is 2.21 bits per heavy atom. The van der Waals surface area contributed by atoms with Crippen LogP contribution in [0, 0.1) is 5.41 Å². The van der Waals surface area contributed by atoms with Gasteiger partial charge in [0, 0.05) is 60.2 Å². The molecule has 2 aliphatic heterocycles. The molecule has 0 spiro atoms. The number of rotatable bonds is 17. The number of sulfonamides is 1. The molecule has 0 atom stereocenters. The van der Waals surface area contributed by atoms with Gasteiger partial charge in [-0.15, -0.1) is 5.06 Å². The number of imide groups is 1. The van der Waals surface area contributed by atoms with Gasteiger partial charge >= 0.3 is 11.9 Å². The van der Waals surface area contributed by atoms with Crippen LogP contribution in [-0.2, 0) is 49.5 Å². The molecule has 1 aliphatic carbocycles. The first-order chi connectivity index (χ1) is 27.1. The number of carbonyl (C=O) groups excluding carboxylic acids is 4. The number of carbonyl (C=O) groups is 5. The van der Waals surface area contributed by atoms with Crippen LogP contribution < -0.4 is 21.1 Å². The third kappa shape index (κ3) is 9.66. The zero-order valence-corrected chi connectivity index (χ0v) is 32.4. The second kappa shape index (κ2) is 17.0. The number of nitrogen functional groups attached to an aromatic ring is 1. The molecule has 24 heteroatoms. The standard InChI is InChI=1S/C34H35N5O16S3/c35-23-10-8-20-28(21-9-11-24(36)32(58(51,52)53)30(21)54-29(20)31(23)57(49,50)38-15-4-16-56(46,47)48)22-17-18(6-7-19(22)34(44)45)33(43)37-14-3-1-2-5-27(42)55-39-25(40)12-13-26(39)41/h6-11,17,36,38H,1-5,12-16,35H2,(H,37,43)(H,44,45)(H,46,47,48)(H,51,52,53)/p-2. The molecular formula is C34H33N5O16S3-2. The minimum Gasteiger partial charge on any atom is -0.748 e. The Morgan fingerprint density at radius 2 is 1.57 bits per heavy atom. The van der Waals surface area contributed by atoms with Gasteiger partial charge in [0.05, 0.1) is 26.7 Å². The van der Waals surface area contributed by atoms with Gasteiger partial charge in [-0.05, 0) is 67.3 Å². The molecule has 58 heavy (non-hydrogen) atoms. The molecule has 6 N–H and O–H groups in total. The van der Waals surface area contributed by atoms with Gasteiger partial charge < -0.3 is 34.5 Å². The number of fused-ring (bicyclic) bond motifs is 2. The summed E-state index contributed by atoms with van der Waals surface area (Å²) >= 11 is 0. The lowest BCUT2D eigenvalue weighted by atomic mass is 9.89. The Bertz CT molecular complexity index is 2720. The zero-order chi connectivity index (χ0) is 42.7. The van der Waals surface area contributed by atoms with E-state index in [2.05, 4.69) is 10.0 Å². The molecule has 310 valence electrons. The van der Waals surface area contributed by atoms with Gasteiger partial charge in [0.1, 0.15) is 19.9 Å². The third-order valence-electron chi connectivity index (χ3n) is 8.70. The minimum atomic E-state index is -5.55. The summed E-state index contributed by atoms with van der Waals surface area (Å²) < 4.78 is 106. The Morgan fingerprint density at radius 1 is 0.879 bits per heavy atom. The number of carboxylic acids is 1. The van der Waals surface area contributed by atoms with E-state index in [0.29, 0.717) is 17.9 Å². The van der Waals surface area contributed by atoms with Gasteiger partial charge in [-0.1, -0.05) is 6.42 Å². The van der Waals surface area contributed by atoms with Crippen molar-refractivity contribution in [3.63, 3.8) is 0 Å². The fourth-order valence-corrected chi connectivity index (χ4v) is 8.63. The highest BCUT2D eigenvalue weighted by Gasteiger charge is 2.33. The predicted octanol–water partition coefficient (Wildman–Crippen LogP) is 0.980. The van der Waals surface area contributed by atoms with Crippen molar-refractivity contribution in [3.8, 4) is 22.5 Å². The monoisotopic (exact) mass is 863 g/mol. The molecule has 1 saturated heterocycles. The maximum atomic E-state index is 13.6. The number of hydrogen-bond acceptors (Lipinski definition) is 17. The maximum Gasteiger partial charge on any atom is 0.336 e. The first kappa shape index (κ1) is 43.3. The summed E-state index contributed by atoms with van der Waals surface area (Å²) in [6.07, 6.45) is 0.337. The van der Waals surface area contributed by atoms with Crippen molar-refractivity contribution in [2.45, 2.75) is 54.7 Å². The SMILES string of the molecule is N=c1ccc2c(-c3cc(C(=O)NCCCCCC(=O)ON4C(=O)CCC4=O)ccc3C(=O)O)c3ccc(N)c(S(=O)(=O)NCCCS(=O)(=O)[O-])c3oc-2c1S(=O)(=O)[O-]. The molecule has 2 heterocycles. The number of carboxylic acid groups (broad SMARTS) is 1. The summed E-state index contributed by atoms with van der Waals surface area (Å²) in [4.78, 5) is 64.0. The fourth-order valence-electron chi connectivity index (χ4n) is 6.09. The van der Waals surface area contributed by atoms with Crippen molar-refractivity contribution in [1.29, 1.82) is 5.41 Å². The fraction of sp³-hybridized carbons (Fsp3) is 0.294. The van der Waals surface area contributed by atoms with E-state index in [1.807, 2.05) is 0 Å². The van der Waals surface area contributed by atoms with Gasteiger partial charge in [0.25, 0.3) is 17.7 Å². The van der Waals surface area contributed by atoms with Crippen LogP contribution in [-0.4, -0.2) is 93.0 Å². The first-order valence-electron chi connectivity index (χ1n) is 17.1. The van der Waals surface area contributed by atoms with Crippen molar-refractivity contribution >= 4 is 76.6 Å². The lowest BCUT2D eigenvalue weighted by Crippen LogP contribution is -2.31. The number of hydroxylamine groups is 2. The van der Waals surface area contributed by atoms with Crippen molar-refractivity contribution < 1.29 is 72.7 Å². The van der Waals surface area contributed by atoms with Crippen molar-refractivity contribution in [1.82, 2.24) is 15.1 Å². The molecule has 3 aliphatic rings. The number of anilines is 1. The number of aromatic carboxylic acids is 1. The van der Waals surface area contributed by atoms with Crippen molar-refractivity contribution in [3.05, 3.63) is 58.9 Å². The van der Waals surface area contributed by atoms with Crippen LogP contribution in [0.3, 0.4) is 0 Å². The van der Waals surface area contributed by atoms with E-state index in [4.69, 9.17) is 20.4 Å². The Labute approximate surface area is 329 Å². The van der Waals surface area contributed by atoms with Gasteiger partial charge in [0.15, 0.2) is 11.3 Å². The van der Waals surface area contributed by atoms with E-state index >= 15 is 0 Å². The van der Waals surface area contributed by atoms with Crippen LogP contribution >= 0.6 is 0 Å². The van der Waals surface area contributed by atoms with Crippen LogP contribution in [0.15, 0.2) is 56.7 Å². The highest BCUT2D eigenvalue weighted by Crippen LogP contribution is 2.46. The molecule has 1 fully saturated rings. The Kier molecular flexibility index (Phi) is 12.7. The molecule has 2 aromatic carbocycles. The quantitative estimate of drug-likeness (QED) is 0.0325. The number of benzene rings is 3. The number of hydrogen-bond donors (Lipinski definition) is 5. The molecule has 0 radical (unpaired) electrons. The molecule has 21 nitrogen and oxygen atoms in total. The van der Waals surface area contributed by atoms with Gasteiger partial charge in [-0.25, -0.2) is 39.6 Å². The summed E-state index contributed by atoms with van der Waals surface area (Å²) in [5.41, 5.74) is 3.44. The summed E-state index contributed by atoms with van der Waals surface area (Å²) in [7, 11) is -15.1. The first-order valence-corrected chi connectivity index (χ1v) is 21.6. The second-order valence-corrected chi connectivity index (χ2v) is 17.3. The van der Waals surface area contributed by atoms with Crippen LogP contribution in [0.1, 0.15) is 65.7 Å². The summed E-state index contributed by atoms with van der Waals surface area (Å²) in [5.74, 6) is -6.07.